The standard InChI is InChI=1S/C8H8N2O2/c1-5-2-3-6(12-9)7-8(5)11-4-10-7/h2-4H,9H2,1H3. The maximum Gasteiger partial charge on any atom is 0.182 e. The second kappa shape index (κ2) is 2.49. The summed E-state index contributed by atoms with van der Waals surface area (Å²) in [4.78, 5) is 8.60. The van der Waals surface area contributed by atoms with Crippen LogP contribution in [0.25, 0.3) is 11.1 Å². The molecule has 0 saturated heterocycles. The monoisotopic (exact) mass is 164 g/mol. The van der Waals surface area contributed by atoms with Gasteiger partial charge in [-0.05, 0) is 18.6 Å². The van der Waals surface area contributed by atoms with Crippen LogP contribution < -0.4 is 10.7 Å². The first-order chi connectivity index (χ1) is 5.83. The molecule has 0 aliphatic rings. The van der Waals surface area contributed by atoms with E-state index in [1.165, 1.54) is 6.39 Å². The van der Waals surface area contributed by atoms with Crippen LogP contribution in [0.1, 0.15) is 5.56 Å². The molecule has 1 heterocycles. The van der Waals surface area contributed by atoms with Gasteiger partial charge in [0.1, 0.15) is 0 Å². The molecule has 0 spiro atoms. The van der Waals surface area contributed by atoms with Crippen LogP contribution in [0.4, 0.5) is 0 Å². The van der Waals surface area contributed by atoms with Gasteiger partial charge in [0.05, 0.1) is 0 Å². The van der Waals surface area contributed by atoms with E-state index in [9.17, 15) is 0 Å². The SMILES string of the molecule is Cc1ccc(ON)c2ncoc12. The first-order valence-electron chi connectivity index (χ1n) is 3.52. The van der Waals surface area contributed by atoms with E-state index >= 15 is 0 Å². The zero-order chi connectivity index (χ0) is 8.55. The number of fused-ring (bicyclic) bond motifs is 1. The van der Waals surface area contributed by atoms with Gasteiger partial charge >= 0.3 is 0 Å². The molecule has 0 unspecified atom stereocenters. The van der Waals surface area contributed by atoms with Crippen molar-refractivity contribution in [3.63, 3.8) is 0 Å². The molecule has 62 valence electrons. The van der Waals surface area contributed by atoms with Gasteiger partial charge in [-0.25, -0.2) is 4.98 Å². The van der Waals surface area contributed by atoms with Crippen molar-refractivity contribution < 1.29 is 9.25 Å². The highest BCUT2D eigenvalue weighted by Crippen LogP contribution is 2.25. The number of oxazole rings is 1. The van der Waals surface area contributed by atoms with Gasteiger partial charge in [-0.15, -0.1) is 0 Å². The molecule has 0 saturated carbocycles. The zero-order valence-corrected chi connectivity index (χ0v) is 6.57. The Morgan fingerprint density at radius 3 is 3.08 bits per heavy atom. The number of hydrogen-bond acceptors (Lipinski definition) is 4. The van der Waals surface area contributed by atoms with Crippen molar-refractivity contribution in [2.75, 3.05) is 0 Å². The van der Waals surface area contributed by atoms with Crippen molar-refractivity contribution in [1.82, 2.24) is 4.98 Å². The van der Waals surface area contributed by atoms with Crippen molar-refractivity contribution in [3.05, 3.63) is 24.1 Å². The third kappa shape index (κ3) is 0.853. The van der Waals surface area contributed by atoms with Gasteiger partial charge in [0.15, 0.2) is 23.2 Å². The minimum absolute atomic E-state index is 0.532. The van der Waals surface area contributed by atoms with Gasteiger partial charge in [0.2, 0.25) is 0 Å². The van der Waals surface area contributed by atoms with E-state index < -0.39 is 0 Å². The summed E-state index contributed by atoms with van der Waals surface area (Å²) in [5.41, 5.74) is 2.40. The number of aryl methyl sites for hydroxylation is 1. The predicted molar refractivity (Wildman–Crippen MR) is 43.6 cm³/mol. The molecule has 0 aliphatic heterocycles. The zero-order valence-electron chi connectivity index (χ0n) is 6.57. The van der Waals surface area contributed by atoms with Gasteiger partial charge in [0, 0.05) is 0 Å². The summed E-state index contributed by atoms with van der Waals surface area (Å²) in [5.74, 6) is 5.58. The minimum Gasteiger partial charge on any atom is -0.443 e. The average Bonchev–Trinajstić information content (AvgIpc) is 2.54. The third-order valence-corrected chi connectivity index (χ3v) is 1.77. The lowest BCUT2D eigenvalue weighted by Gasteiger charge is -1.99. The lowest BCUT2D eigenvalue weighted by Crippen LogP contribution is -2.02. The molecule has 1 aromatic carbocycles. The summed E-state index contributed by atoms with van der Waals surface area (Å²) < 4.78 is 5.14. The van der Waals surface area contributed by atoms with Gasteiger partial charge in [-0.2, -0.15) is 5.90 Å². The van der Waals surface area contributed by atoms with Gasteiger partial charge in [-0.3, -0.25) is 0 Å². The molecule has 1 aromatic heterocycles. The lowest BCUT2D eigenvalue weighted by molar-refractivity contribution is 0.338. The molecule has 2 aromatic rings. The maximum atomic E-state index is 5.14. The van der Waals surface area contributed by atoms with Crippen LogP contribution in [0.3, 0.4) is 0 Å². The van der Waals surface area contributed by atoms with E-state index in [0.717, 1.165) is 11.1 Å². The van der Waals surface area contributed by atoms with Gasteiger partial charge < -0.3 is 9.25 Å². The van der Waals surface area contributed by atoms with E-state index in [0.29, 0.717) is 11.3 Å². The smallest absolute Gasteiger partial charge is 0.182 e. The van der Waals surface area contributed by atoms with Crippen molar-refractivity contribution in [2.24, 2.45) is 5.90 Å². The van der Waals surface area contributed by atoms with Crippen LogP contribution in [-0.4, -0.2) is 4.98 Å². The summed E-state index contributed by atoms with van der Waals surface area (Å²) in [5, 5.41) is 0. The quantitative estimate of drug-likeness (QED) is 0.647. The summed E-state index contributed by atoms with van der Waals surface area (Å²) in [7, 11) is 0. The molecular formula is C8H8N2O2. The summed E-state index contributed by atoms with van der Waals surface area (Å²) >= 11 is 0. The lowest BCUT2D eigenvalue weighted by atomic mass is 10.2. The van der Waals surface area contributed by atoms with E-state index in [1.54, 1.807) is 6.07 Å². The fraction of sp³-hybridized carbons (Fsp3) is 0.125. The number of benzene rings is 1. The Hall–Kier alpha value is -1.55. The largest absolute Gasteiger partial charge is 0.443 e. The Labute approximate surface area is 68.9 Å². The summed E-state index contributed by atoms with van der Waals surface area (Å²) in [6.45, 7) is 1.94. The van der Waals surface area contributed by atoms with Crippen LogP contribution in [0, 0.1) is 6.92 Å². The van der Waals surface area contributed by atoms with E-state index in [1.807, 2.05) is 13.0 Å². The Morgan fingerprint density at radius 2 is 2.33 bits per heavy atom. The predicted octanol–water partition coefficient (Wildman–Crippen LogP) is 1.39. The first-order valence-corrected chi connectivity index (χ1v) is 3.52. The Kier molecular flexibility index (Phi) is 1.48. The van der Waals surface area contributed by atoms with Crippen LogP contribution >= 0.6 is 0 Å². The Balaban J connectivity index is 2.82. The van der Waals surface area contributed by atoms with Crippen LogP contribution in [0.15, 0.2) is 22.9 Å². The maximum absolute atomic E-state index is 5.14. The second-order valence-electron chi connectivity index (χ2n) is 2.53. The van der Waals surface area contributed by atoms with E-state index in [-0.39, 0.29) is 0 Å². The fourth-order valence-corrected chi connectivity index (χ4v) is 1.15. The highest BCUT2D eigenvalue weighted by atomic mass is 16.6. The van der Waals surface area contributed by atoms with Crippen molar-refractivity contribution >= 4 is 11.1 Å². The number of nitrogens with two attached hydrogens (primary N) is 1. The van der Waals surface area contributed by atoms with E-state index in [2.05, 4.69) is 9.82 Å². The van der Waals surface area contributed by atoms with Crippen molar-refractivity contribution in [1.29, 1.82) is 0 Å². The normalized spacial score (nSPS) is 10.5. The molecule has 12 heavy (non-hydrogen) atoms. The highest BCUT2D eigenvalue weighted by molar-refractivity contribution is 5.82. The molecule has 4 nitrogen and oxygen atoms in total. The van der Waals surface area contributed by atoms with Gasteiger partial charge in [-0.1, -0.05) is 6.07 Å². The van der Waals surface area contributed by atoms with Gasteiger partial charge in [0.25, 0.3) is 0 Å². The van der Waals surface area contributed by atoms with Crippen molar-refractivity contribution in [3.8, 4) is 5.75 Å². The summed E-state index contributed by atoms with van der Waals surface area (Å²) in [6, 6.07) is 3.63. The fourth-order valence-electron chi connectivity index (χ4n) is 1.15. The number of rotatable bonds is 1. The Morgan fingerprint density at radius 1 is 1.50 bits per heavy atom. The summed E-state index contributed by atoms with van der Waals surface area (Å²) in [6.07, 6.45) is 1.38. The average molecular weight is 164 g/mol. The molecule has 0 atom stereocenters. The molecule has 0 amide bonds. The van der Waals surface area contributed by atoms with Crippen LogP contribution in [0.2, 0.25) is 0 Å². The molecule has 0 aliphatic carbocycles. The first kappa shape index (κ1) is 7.12. The topological polar surface area (TPSA) is 61.3 Å². The van der Waals surface area contributed by atoms with Crippen molar-refractivity contribution in [2.45, 2.75) is 6.92 Å². The minimum atomic E-state index is 0.532. The molecule has 4 heteroatoms. The second-order valence-corrected chi connectivity index (χ2v) is 2.53. The van der Waals surface area contributed by atoms with Crippen LogP contribution in [-0.2, 0) is 0 Å². The highest BCUT2D eigenvalue weighted by Gasteiger charge is 2.07. The molecule has 0 fully saturated rings. The third-order valence-electron chi connectivity index (χ3n) is 1.77. The van der Waals surface area contributed by atoms with Crippen LogP contribution in [0.5, 0.6) is 5.75 Å². The molecule has 0 radical (unpaired) electrons. The molecule has 2 rings (SSSR count). The molecular weight excluding hydrogens is 156 g/mol. The molecule has 0 bridgehead atoms. The number of nitrogens with zero attached hydrogens (tertiary/aromatic N) is 1. The number of hydrogen-bond donors (Lipinski definition) is 1. The Bertz CT molecular complexity index is 408. The number of aromatic nitrogens is 1. The van der Waals surface area contributed by atoms with E-state index in [4.69, 9.17) is 10.3 Å². The molecule has 2 N–H and O–H groups in total.